The molecule has 9 heavy (non-hydrogen) atoms. The van der Waals surface area contributed by atoms with Gasteiger partial charge >= 0.3 is 0 Å². The first-order valence-corrected chi connectivity index (χ1v) is 2.64. The van der Waals surface area contributed by atoms with Crippen molar-refractivity contribution in [2.24, 2.45) is 11.7 Å². The fourth-order valence-electron chi connectivity index (χ4n) is 0.719. The zero-order valence-corrected chi connectivity index (χ0v) is 6.73. The first kappa shape index (κ1) is 11.8. The van der Waals surface area contributed by atoms with Gasteiger partial charge in [0.25, 0.3) is 0 Å². The lowest BCUT2D eigenvalue weighted by Gasteiger charge is -2.23. The van der Waals surface area contributed by atoms with Crippen LogP contribution >= 0.6 is 24.8 Å². The third kappa shape index (κ3) is 2.92. The van der Waals surface area contributed by atoms with Gasteiger partial charge in [0.1, 0.15) is 0 Å². The molecule has 3 N–H and O–H groups in total. The van der Waals surface area contributed by atoms with E-state index in [2.05, 4.69) is 0 Å². The van der Waals surface area contributed by atoms with Crippen molar-refractivity contribution < 1.29 is 0 Å². The van der Waals surface area contributed by atoms with E-state index in [1.807, 2.05) is 0 Å². The molecule has 56 valence electrons. The van der Waals surface area contributed by atoms with Crippen LogP contribution in [0.1, 0.15) is 19.3 Å². The zero-order chi connectivity index (χ0) is 5.28. The van der Waals surface area contributed by atoms with Crippen LogP contribution in [0.5, 0.6) is 0 Å². The molecule has 0 bridgehead atoms. The fraction of sp³-hybridized carbons (Fsp3) is 0.800. The molecule has 0 aromatic carbocycles. The van der Waals surface area contributed by atoms with E-state index < -0.39 is 0 Å². The van der Waals surface area contributed by atoms with E-state index in [1.54, 1.807) is 0 Å². The van der Waals surface area contributed by atoms with E-state index in [0.717, 1.165) is 12.8 Å². The third-order valence-corrected chi connectivity index (χ3v) is 1.54. The Hall–Kier alpha value is 0.0500. The van der Waals surface area contributed by atoms with Crippen molar-refractivity contribution in [2.75, 3.05) is 0 Å². The Morgan fingerprint density at radius 1 is 1.33 bits per heavy atom. The Morgan fingerprint density at radius 2 is 1.78 bits per heavy atom. The monoisotopic (exact) mass is 170 g/mol. The van der Waals surface area contributed by atoms with Gasteiger partial charge in [0.05, 0.1) is 5.84 Å². The first-order valence-electron chi connectivity index (χ1n) is 2.64. The highest BCUT2D eigenvalue weighted by molar-refractivity contribution is 5.85. The molecule has 1 fully saturated rings. The predicted octanol–water partition coefficient (Wildman–Crippen LogP) is 1.57. The molecule has 1 saturated carbocycles. The minimum Gasteiger partial charge on any atom is -0.387 e. The molecule has 0 heterocycles. The number of hydrogen-bond acceptors (Lipinski definition) is 1. The van der Waals surface area contributed by atoms with Crippen molar-refractivity contribution >= 4 is 30.6 Å². The predicted molar refractivity (Wildman–Crippen MR) is 43.8 cm³/mol. The summed E-state index contributed by atoms with van der Waals surface area (Å²) in [6.07, 6.45) is 3.56. The summed E-state index contributed by atoms with van der Waals surface area (Å²) < 4.78 is 0. The summed E-state index contributed by atoms with van der Waals surface area (Å²) in [5, 5.41) is 6.93. The number of rotatable bonds is 1. The lowest BCUT2D eigenvalue weighted by molar-refractivity contribution is 0.409. The number of amidine groups is 1. The van der Waals surface area contributed by atoms with Crippen molar-refractivity contribution in [3.63, 3.8) is 0 Å². The normalized spacial score (nSPS) is 16.4. The Morgan fingerprint density at radius 3 is 1.78 bits per heavy atom. The highest BCUT2D eigenvalue weighted by Gasteiger charge is 2.19. The average molecular weight is 171 g/mol. The van der Waals surface area contributed by atoms with Gasteiger partial charge in [-0.15, -0.1) is 24.8 Å². The lowest BCUT2D eigenvalue weighted by Crippen LogP contribution is -2.27. The van der Waals surface area contributed by atoms with Crippen molar-refractivity contribution in [1.82, 2.24) is 0 Å². The quantitative estimate of drug-likeness (QED) is 0.456. The summed E-state index contributed by atoms with van der Waals surface area (Å²) >= 11 is 0. The van der Waals surface area contributed by atoms with Crippen LogP contribution in [0.3, 0.4) is 0 Å². The topological polar surface area (TPSA) is 49.9 Å². The Labute approximate surface area is 67.5 Å². The van der Waals surface area contributed by atoms with Gasteiger partial charge in [-0.1, -0.05) is 6.42 Å². The summed E-state index contributed by atoms with van der Waals surface area (Å²) in [5.41, 5.74) is 5.18. The van der Waals surface area contributed by atoms with Crippen LogP contribution in [-0.2, 0) is 0 Å². The molecule has 1 rings (SSSR count). The molecule has 0 aromatic rings. The summed E-state index contributed by atoms with van der Waals surface area (Å²) in [5.74, 6) is 0.825. The maximum Gasteiger partial charge on any atom is 0.0936 e. The number of nitrogens with two attached hydrogens (primary N) is 1. The molecule has 1 aliphatic carbocycles. The highest BCUT2D eigenvalue weighted by Crippen LogP contribution is 2.25. The maximum atomic E-state index is 6.93. The lowest BCUT2D eigenvalue weighted by atomic mass is 9.85. The summed E-state index contributed by atoms with van der Waals surface area (Å²) in [4.78, 5) is 0. The molecule has 0 amide bonds. The molecule has 0 saturated heterocycles. The molecule has 0 atom stereocenters. The van der Waals surface area contributed by atoms with Crippen molar-refractivity contribution in [3.8, 4) is 0 Å². The second-order valence-corrected chi connectivity index (χ2v) is 2.08. The van der Waals surface area contributed by atoms with E-state index in [-0.39, 0.29) is 24.8 Å². The number of nitrogens with one attached hydrogen (secondary N) is 1. The summed E-state index contributed by atoms with van der Waals surface area (Å²) in [7, 11) is 0. The van der Waals surface area contributed by atoms with E-state index in [9.17, 15) is 0 Å². The molecule has 0 aliphatic heterocycles. The van der Waals surface area contributed by atoms with E-state index in [0.29, 0.717) is 11.8 Å². The van der Waals surface area contributed by atoms with Crippen LogP contribution in [0, 0.1) is 11.3 Å². The molecule has 0 aromatic heterocycles. The molecule has 1 aliphatic rings. The minimum atomic E-state index is 0. The second-order valence-electron chi connectivity index (χ2n) is 2.08. The fourth-order valence-corrected chi connectivity index (χ4v) is 0.719. The van der Waals surface area contributed by atoms with Gasteiger partial charge in [-0.05, 0) is 12.8 Å². The molecular weight excluding hydrogens is 159 g/mol. The van der Waals surface area contributed by atoms with Crippen LogP contribution in [0.25, 0.3) is 0 Å². The van der Waals surface area contributed by atoms with Gasteiger partial charge in [-0.3, -0.25) is 5.41 Å². The molecule has 0 radical (unpaired) electrons. The SMILES string of the molecule is Cl.Cl.N=C(N)C1CCC1. The van der Waals surface area contributed by atoms with Gasteiger partial charge in [-0.25, -0.2) is 0 Å². The van der Waals surface area contributed by atoms with Gasteiger partial charge in [-0.2, -0.15) is 0 Å². The first-order chi connectivity index (χ1) is 3.30. The molecule has 2 nitrogen and oxygen atoms in total. The van der Waals surface area contributed by atoms with E-state index >= 15 is 0 Å². The molecule has 0 unspecified atom stereocenters. The van der Waals surface area contributed by atoms with Crippen LogP contribution in [0.4, 0.5) is 0 Å². The molecule has 0 spiro atoms. The van der Waals surface area contributed by atoms with Crippen molar-refractivity contribution in [1.29, 1.82) is 5.41 Å². The van der Waals surface area contributed by atoms with Crippen molar-refractivity contribution in [3.05, 3.63) is 0 Å². The van der Waals surface area contributed by atoms with Crippen molar-refractivity contribution in [2.45, 2.75) is 19.3 Å². The van der Waals surface area contributed by atoms with Crippen LogP contribution in [0.2, 0.25) is 0 Å². The number of hydrogen-bond donors (Lipinski definition) is 2. The average Bonchev–Trinajstić information content (AvgIpc) is 1.23. The van der Waals surface area contributed by atoms with E-state index in [1.165, 1.54) is 6.42 Å². The van der Waals surface area contributed by atoms with Crippen LogP contribution in [-0.4, -0.2) is 5.84 Å². The molecule has 4 heteroatoms. The Balaban J connectivity index is 0. The maximum absolute atomic E-state index is 6.93. The minimum absolute atomic E-state index is 0. The van der Waals surface area contributed by atoms with Gasteiger partial charge in [0, 0.05) is 5.92 Å². The largest absolute Gasteiger partial charge is 0.387 e. The summed E-state index contributed by atoms with van der Waals surface area (Å²) in [6.45, 7) is 0. The smallest absolute Gasteiger partial charge is 0.0936 e. The van der Waals surface area contributed by atoms with Crippen LogP contribution < -0.4 is 5.73 Å². The Kier molecular flexibility index (Phi) is 6.40. The van der Waals surface area contributed by atoms with Gasteiger partial charge in [0.15, 0.2) is 0 Å². The second kappa shape index (κ2) is 4.89. The van der Waals surface area contributed by atoms with Gasteiger partial charge < -0.3 is 5.73 Å². The molecular formula is C5H12Cl2N2. The summed E-state index contributed by atoms with van der Waals surface area (Å²) in [6, 6.07) is 0. The zero-order valence-electron chi connectivity index (χ0n) is 5.09. The highest BCUT2D eigenvalue weighted by atomic mass is 35.5. The Bertz CT molecular complexity index is 91.0. The van der Waals surface area contributed by atoms with E-state index in [4.69, 9.17) is 11.1 Å². The van der Waals surface area contributed by atoms with Gasteiger partial charge in [0.2, 0.25) is 0 Å². The third-order valence-electron chi connectivity index (χ3n) is 1.54. The van der Waals surface area contributed by atoms with Crippen LogP contribution in [0.15, 0.2) is 0 Å². The standard InChI is InChI=1S/C5H10N2.2ClH/c6-5(7)4-2-1-3-4;;/h4H,1-3H2,(H3,6,7);2*1H. The number of halogens is 2.